The third-order valence-electron chi connectivity index (χ3n) is 7.95. The van der Waals surface area contributed by atoms with Crippen LogP contribution in [0.25, 0.3) is 0 Å². The lowest BCUT2D eigenvalue weighted by Crippen LogP contribution is -2.55. The molecule has 42 heavy (non-hydrogen) atoms. The minimum atomic E-state index is -5.09. The highest BCUT2D eigenvalue weighted by Crippen LogP contribution is 2.39. The maximum Gasteiger partial charge on any atom is 0.416 e. The molecule has 0 bridgehead atoms. The summed E-state index contributed by atoms with van der Waals surface area (Å²) in [5.41, 5.74) is -3.20. The van der Waals surface area contributed by atoms with E-state index in [-0.39, 0.29) is 25.6 Å². The van der Waals surface area contributed by atoms with Crippen LogP contribution >= 0.6 is 0 Å². The van der Waals surface area contributed by atoms with Gasteiger partial charge >= 0.3 is 18.4 Å². The Bertz CT molecular complexity index is 1350. The van der Waals surface area contributed by atoms with Crippen molar-refractivity contribution in [3.05, 3.63) is 65.0 Å². The molecule has 0 radical (unpaired) electrons. The van der Waals surface area contributed by atoms with E-state index in [1.807, 2.05) is 0 Å². The van der Waals surface area contributed by atoms with Crippen molar-refractivity contribution in [1.82, 2.24) is 14.5 Å². The summed E-state index contributed by atoms with van der Waals surface area (Å²) in [6.45, 7) is 1.12. The van der Waals surface area contributed by atoms with Crippen LogP contribution in [0.1, 0.15) is 41.9 Å². The Morgan fingerprint density at radius 1 is 0.905 bits per heavy atom. The van der Waals surface area contributed by atoms with Crippen molar-refractivity contribution in [2.24, 2.45) is 0 Å². The van der Waals surface area contributed by atoms with Crippen LogP contribution in [-0.2, 0) is 22.4 Å². The molecule has 2 amide bonds. The van der Waals surface area contributed by atoms with Gasteiger partial charge in [0.25, 0.3) is 0 Å². The summed E-state index contributed by atoms with van der Waals surface area (Å²) < 4.78 is 123. The Morgan fingerprint density at radius 2 is 1.45 bits per heavy atom. The van der Waals surface area contributed by atoms with Gasteiger partial charge in [0.1, 0.15) is 5.82 Å². The van der Waals surface area contributed by atoms with Crippen molar-refractivity contribution in [2.45, 2.75) is 48.8 Å². The van der Waals surface area contributed by atoms with Gasteiger partial charge in [0.15, 0.2) is 0 Å². The fraction of sp³-hybridized carbons (Fsp3) is 0.519. The predicted molar refractivity (Wildman–Crippen MR) is 142 cm³/mol. The number of urea groups is 1. The summed E-state index contributed by atoms with van der Waals surface area (Å²) in [4.78, 5) is 15.4. The van der Waals surface area contributed by atoms with Crippen molar-refractivity contribution in [3.63, 3.8) is 0 Å². The van der Waals surface area contributed by atoms with Gasteiger partial charge in [0.05, 0.1) is 16.4 Å². The van der Waals surface area contributed by atoms with Crippen LogP contribution in [0.2, 0.25) is 0 Å². The van der Waals surface area contributed by atoms with E-state index >= 15 is 0 Å². The normalized spacial score (nSPS) is 21.3. The van der Waals surface area contributed by atoms with E-state index in [1.165, 1.54) is 40.5 Å². The molecule has 232 valence electrons. The quantitative estimate of drug-likeness (QED) is 0.459. The molecule has 2 aliphatic rings. The monoisotopic (exact) mass is 624 g/mol. The number of carbonyl (C=O) groups excluding carboxylic acids is 1. The first kappa shape index (κ1) is 32.0. The van der Waals surface area contributed by atoms with E-state index in [1.54, 1.807) is 0 Å². The molecule has 2 aromatic rings. The minimum Gasteiger partial charge on any atom is -0.324 e. The fourth-order valence-electron chi connectivity index (χ4n) is 5.57. The average Bonchev–Trinajstić information content (AvgIpc) is 2.95. The first-order valence-electron chi connectivity index (χ1n) is 13.3. The van der Waals surface area contributed by atoms with E-state index in [4.69, 9.17) is 0 Å². The Labute approximate surface area is 239 Å². The number of benzene rings is 2. The molecule has 2 fully saturated rings. The van der Waals surface area contributed by atoms with Crippen LogP contribution in [0.15, 0.2) is 42.5 Å². The molecule has 2 aromatic carbocycles. The second kappa shape index (κ2) is 12.0. The van der Waals surface area contributed by atoms with Gasteiger partial charge in [-0.25, -0.2) is 21.9 Å². The molecule has 7 nitrogen and oxygen atoms in total. The van der Waals surface area contributed by atoms with Gasteiger partial charge < -0.3 is 10.2 Å². The standard InChI is InChI=1S/C27H31F7N4O3S/c1-36(21-14-18(26(29,30)31)13-19(15-21)27(32,33)34)25(39)37(2)24-9-12-38(42(40,41)22-7-10-35-11-8-22)16-23(24)17-3-5-20(28)6-4-17/h3-6,13-15,22-24,35H,7-12,16H2,1-2H3. The SMILES string of the molecule is CN(C(=O)N(C)C1CCN(S(=O)(=O)C2CCNCC2)CC1c1ccc(F)cc1)c1cc(C(F)(F)F)cc(C(F)(F)F)c1. The highest BCUT2D eigenvalue weighted by molar-refractivity contribution is 7.89. The van der Waals surface area contributed by atoms with Crippen LogP contribution in [0.3, 0.4) is 0 Å². The van der Waals surface area contributed by atoms with Crippen LogP contribution in [-0.4, -0.2) is 75.2 Å². The van der Waals surface area contributed by atoms with Gasteiger partial charge in [-0.15, -0.1) is 0 Å². The number of halogens is 7. The van der Waals surface area contributed by atoms with E-state index in [0.717, 1.165) is 7.05 Å². The van der Waals surface area contributed by atoms with E-state index in [9.17, 15) is 43.9 Å². The van der Waals surface area contributed by atoms with Crippen molar-refractivity contribution < 1.29 is 43.9 Å². The van der Waals surface area contributed by atoms with Crippen molar-refractivity contribution >= 4 is 21.7 Å². The Hall–Kier alpha value is -2.91. The average molecular weight is 625 g/mol. The van der Waals surface area contributed by atoms with Crippen molar-refractivity contribution in [2.75, 3.05) is 45.2 Å². The molecule has 2 aliphatic heterocycles. The molecule has 2 atom stereocenters. The lowest BCUT2D eigenvalue weighted by molar-refractivity contribution is -0.143. The molecule has 2 heterocycles. The van der Waals surface area contributed by atoms with Crippen molar-refractivity contribution in [1.29, 1.82) is 0 Å². The molecular formula is C27H31F7N4O3S. The molecule has 0 spiro atoms. The van der Waals surface area contributed by atoms with E-state index in [2.05, 4.69) is 5.32 Å². The zero-order chi connectivity index (χ0) is 31.0. The Balaban J connectivity index is 1.64. The number of carbonyl (C=O) groups is 1. The van der Waals surface area contributed by atoms with E-state index < -0.39 is 68.2 Å². The number of alkyl halides is 6. The number of likely N-dealkylation sites (N-methyl/N-ethyl adjacent to an activating group) is 1. The topological polar surface area (TPSA) is 73.0 Å². The number of hydrogen-bond donors (Lipinski definition) is 1. The number of nitrogens with zero attached hydrogens (tertiary/aromatic N) is 3. The smallest absolute Gasteiger partial charge is 0.324 e. The minimum absolute atomic E-state index is 0.0192. The largest absolute Gasteiger partial charge is 0.416 e. The lowest BCUT2D eigenvalue weighted by Gasteiger charge is -2.44. The zero-order valence-electron chi connectivity index (χ0n) is 22.8. The van der Waals surface area contributed by atoms with Crippen LogP contribution in [0.5, 0.6) is 0 Å². The molecule has 0 aromatic heterocycles. The summed E-state index contributed by atoms with van der Waals surface area (Å²) in [6, 6.07) is 4.65. The summed E-state index contributed by atoms with van der Waals surface area (Å²) in [5, 5.41) is 2.53. The number of nitrogens with one attached hydrogen (secondary N) is 1. The van der Waals surface area contributed by atoms with Crippen molar-refractivity contribution in [3.8, 4) is 0 Å². The highest BCUT2D eigenvalue weighted by Gasteiger charge is 2.43. The summed E-state index contributed by atoms with van der Waals surface area (Å²) in [5.74, 6) is -1.18. The van der Waals surface area contributed by atoms with E-state index in [0.29, 0.717) is 48.5 Å². The number of rotatable bonds is 5. The number of hydrogen-bond acceptors (Lipinski definition) is 4. The highest BCUT2D eigenvalue weighted by atomic mass is 32.2. The van der Waals surface area contributed by atoms with Gasteiger partial charge in [-0.1, -0.05) is 12.1 Å². The molecule has 1 N–H and O–H groups in total. The van der Waals surface area contributed by atoms with Gasteiger partial charge in [0.2, 0.25) is 10.0 Å². The van der Waals surface area contributed by atoms with Gasteiger partial charge in [-0.05, 0) is 68.2 Å². The van der Waals surface area contributed by atoms with Crippen LogP contribution < -0.4 is 10.2 Å². The van der Waals surface area contributed by atoms with Crippen LogP contribution in [0, 0.1) is 5.82 Å². The number of amides is 2. The first-order valence-corrected chi connectivity index (χ1v) is 14.8. The second-order valence-electron chi connectivity index (χ2n) is 10.6. The second-order valence-corrected chi connectivity index (χ2v) is 12.8. The number of sulfonamides is 1. The molecule has 0 aliphatic carbocycles. The maximum atomic E-state index is 13.7. The fourth-order valence-corrected chi connectivity index (χ4v) is 7.55. The third-order valence-corrected chi connectivity index (χ3v) is 10.3. The maximum absolute atomic E-state index is 13.7. The molecular weight excluding hydrogens is 593 g/mol. The summed E-state index contributed by atoms with van der Waals surface area (Å²) >= 11 is 0. The molecule has 2 saturated heterocycles. The van der Waals surface area contributed by atoms with Crippen LogP contribution in [0.4, 0.5) is 41.2 Å². The first-order chi connectivity index (χ1) is 19.5. The molecule has 2 unspecified atom stereocenters. The third kappa shape index (κ3) is 6.83. The molecule has 4 rings (SSSR count). The summed E-state index contributed by atoms with van der Waals surface area (Å²) in [6.07, 6.45) is -9.18. The van der Waals surface area contributed by atoms with Gasteiger partial charge in [-0.2, -0.15) is 26.3 Å². The summed E-state index contributed by atoms with van der Waals surface area (Å²) in [7, 11) is -1.28. The Morgan fingerprint density at radius 3 is 1.98 bits per heavy atom. The molecule has 15 heteroatoms. The van der Waals surface area contributed by atoms with Gasteiger partial charge in [0, 0.05) is 44.8 Å². The predicted octanol–water partition coefficient (Wildman–Crippen LogP) is 5.29. The lowest BCUT2D eigenvalue weighted by atomic mass is 9.86. The van der Waals surface area contributed by atoms with Gasteiger partial charge in [-0.3, -0.25) is 4.90 Å². The molecule has 0 saturated carbocycles. The zero-order valence-corrected chi connectivity index (χ0v) is 23.7. The Kier molecular flexibility index (Phi) is 9.14. The number of piperidine rings is 2. The number of anilines is 1.